The van der Waals surface area contributed by atoms with Gasteiger partial charge in [0, 0.05) is 11.8 Å². The van der Waals surface area contributed by atoms with Gasteiger partial charge in [0.05, 0.1) is 18.1 Å². The molecule has 0 saturated heterocycles. The van der Waals surface area contributed by atoms with E-state index in [1.165, 1.54) is 24.7 Å². The first-order valence-corrected chi connectivity index (χ1v) is 6.90. The molecule has 0 amide bonds. The number of ether oxygens (including phenoxy) is 1. The maximum Gasteiger partial charge on any atom is 0.250 e. The summed E-state index contributed by atoms with van der Waals surface area (Å²) in [5.41, 5.74) is 1.94. The summed E-state index contributed by atoms with van der Waals surface area (Å²) in [5, 5.41) is 0.278. The van der Waals surface area contributed by atoms with Crippen LogP contribution in [0.3, 0.4) is 0 Å². The minimum Gasteiger partial charge on any atom is -0.471 e. The third kappa shape index (κ3) is 3.38. The van der Waals surface area contributed by atoms with Crippen LogP contribution in [0.4, 0.5) is 4.39 Å². The van der Waals surface area contributed by atoms with E-state index >= 15 is 0 Å². The lowest BCUT2D eigenvalue weighted by Crippen LogP contribution is -2.00. The molecule has 0 N–H and O–H groups in total. The Labute approximate surface area is 131 Å². The van der Waals surface area contributed by atoms with Crippen molar-refractivity contribution >= 4 is 11.6 Å². The molecule has 3 aromatic rings. The van der Waals surface area contributed by atoms with Crippen LogP contribution < -0.4 is 4.74 Å². The van der Waals surface area contributed by atoms with Gasteiger partial charge in [0.15, 0.2) is 5.82 Å². The molecule has 2 heterocycles. The summed E-state index contributed by atoms with van der Waals surface area (Å²) in [4.78, 5) is 12.0. The smallest absolute Gasteiger partial charge is 0.250 e. The van der Waals surface area contributed by atoms with Gasteiger partial charge in [0.2, 0.25) is 0 Å². The molecule has 0 atom stereocenters. The molecule has 2 aromatic heterocycles. The van der Waals surface area contributed by atoms with Gasteiger partial charge in [0.25, 0.3) is 5.88 Å². The standard InChI is InChI=1S/C16H11ClFN3O/c17-15-9-19-14(8-20-15)12-6-13(18)16(21-7-12)22-10-11-4-2-1-3-5-11/h1-9H,10H2. The molecule has 0 aliphatic rings. The Balaban J connectivity index is 1.76. The first kappa shape index (κ1) is 14.4. The van der Waals surface area contributed by atoms with Gasteiger partial charge in [-0.2, -0.15) is 0 Å². The highest BCUT2D eigenvalue weighted by Crippen LogP contribution is 2.22. The van der Waals surface area contributed by atoms with Crippen molar-refractivity contribution in [3.63, 3.8) is 0 Å². The van der Waals surface area contributed by atoms with E-state index in [-0.39, 0.29) is 17.6 Å². The van der Waals surface area contributed by atoms with Gasteiger partial charge in [-0.3, -0.25) is 4.98 Å². The Kier molecular flexibility index (Phi) is 4.25. The van der Waals surface area contributed by atoms with Gasteiger partial charge >= 0.3 is 0 Å². The van der Waals surface area contributed by atoms with Crippen molar-refractivity contribution in [1.82, 2.24) is 15.0 Å². The number of benzene rings is 1. The van der Waals surface area contributed by atoms with Crippen LogP contribution in [0.2, 0.25) is 5.15 Å². The summed E-state index contributed by atoms with van der Waals surface area (Å²) >= 11 is 5.67. The Morgan fingerprint density at radius 3 is 2.50 bits per heavy atom. The SMILES string of the molecule is Fc1cc(-c2cnc(Cl)cn2)cnc1OCc1ccccc1. The molecule has 0 unspecified atom stereocenters. The van der Waals surface area contributed by atoms with E-state index in [9.17, 15) is 4.39 Å². The van der Waals surface area contributed by atoms with Crippen LogP contribution in [0.25, 0.3) is 11.3 Å². The fraction of sp³-hybridized carbons (Fsp3) is 0.0625. The summed E-state index contributed by atoms with van der Waals surface area (Å²) in [6.07, 6.45) is 4.35. The second kappa shape index (κ2) is 6.49. The molecule has 0 aliphatic carbocycles. The lowest BCUT2D eigenvalue weighted by atomic mass is 10.2. The number of halogens is 2. The van der Waals surface area contributed by atoms with E-state index < -0.39 is 5.82 Å². The number of hydrogen-bond donors (Lipinski definition) is 0. The zero-order valence-corrected chi connectivity index (χ0v) is 12.2. The number of hydrogen-bond acceptors (Lipinski definition) is 4. The van der Waals surface area contributed by atoms with Crippen molar-refractivity contribution in [2.45, 2.75) is 6.61 Å². The third-order valence-electron chi connectivity index (χ3n) is 2.94. The normalized spacial score (nSPS) is 10.5. The van der Waals surface area contributed by atoms with Gasteiger partial charge in [-0.25, -0.2) is 14.4 Å². The lowest BCUT2D eigenvalue weighted by Gasteiger charge is -2.07. The molecule has 4 nitrogen and oxygen atoms in total. The van der Waals surface area contributed by atoms with Crippen molar-refractivity contribution in [2.75, 3.05) is 0 Å². The Morgan fingerprint density at radius 2 is 1.82 bits per heavy atom. The van der Waals surface area contributed by atoms with Crippen LogP contribution in [-0.4, -0.2) is 15.0 Å². The van der Waals surface area contributed by atoms with Crippen LogP contribution in [0.5, 0.6) is 5.88 Å². The summed E-state index contributed by atoms with van der Waals surface area (Å²) in [5.74, 6) is -0.597. The molecular formula is C16H11ClFN3O. The van der Waals surface area contributed by atoms with Crippen LogP contribution >= 0.6 is 11.6 Å². The first-order valence-electron chi connectivity index (χ1n) is 6.52. The van der Waals surface area contributed by atoms with Gasteiger partial charge < -0.3 is 4.74 Å². The van der Waals surface area contributed by atoms with Crippen LogP contribution in [0.15, 0.2) is 55.0 Å². The molecule has 0 spiro atoms. The molecule has 0 fully saturated rings. The maximum absolute atomic E-state index is 14.1. The molecule has 22 heavy (non-hydrogen) atoms. The molecule has 6 heteroatoms. The van der Waals surface area contributed by atoms with E-state index in [0.717, 1.165) is 5.56 Å². The summed E-state index contributed by atoms with van der Waals surface area (Å²) in [7, 11) is 0. The highest BCUT2D eigenvalue weighted by atomic mass is 35.5. The average Bonchev–Trinajstić information content (AvgIpc) is 2.55. The zero-order valence-electron chi connectivity index (χ0n) is 11.4. The summed E-state index contributed by atoms with van der Waals surface area (Å²) in [6, 6.07) is 10.8. The van der Waals surface area contributed by atoms with E-state index in [1.54, 1.807) is 0 Å². The Bertz CT molecular complexity index is 766. The highest BCUT2D eigenvalue weighted by molar-refractivity contribution is 6.29. The van der Waals surface area contributed by atoms with Gasteiger partial charge in [-0.1, -0.05) is 41.9 Å². The van der Waals surface area contributed by atoms with Crippen molar-refractivity contribution in [3.05, 3.63) is 71.5 Å². The van der Waals surface area contributed by atoms with Gasteiger partial charge in [-0.15, -0.1) is 0 Å². The second-order valence-electron chi connectivity index (χ2n) is 4.51. The number of nitrogens with zero attached hydrogens (tertiary/aromatic N) is 3. The van der Waals surface area contributed by atoms with Gasteiger partial charge in [-0.05, 0) is 11.6 Å². The third-order valence-corrected chi connectivity index (χ3v) is 3.14. The fourth-order valence-electron chi connectivity index (χ4n) is 1.86. The molecule has 0 bridgehead atoms. The number of pyridine rings is 1. The fourth-order valence-corrected chi connectivity index (χ4v) is 1.96. The first-order chi connectivity index (χ1) is 10.7. The number of aromatic nitrogens is 3. The maximum atomic E-state index is 14.1. The molecule has 0 aliphatic heterocycles. The predicted octanol–water partition coefficient (Wildman–Crippen LogP) is 3.91. The van der Waals surface area contributed by atoms with Crippen molar-refractivity contribution in [3.8, 4) is 17.1 Å². The minimum absolute atomic E-state index is 0.0467. The topological polar surface area (TPSA) is 47.9 Å². The largest absolute Gasteiger partial charge is 0.471 e. The number of rotatable bonds is 4. The van der Waals surface area contributed by atoms with Crippen LogP contribution in [0.1, 0.15) is 5.56 Å². The van der Waals surface area contributed by atoms with E-state index in [0.29, 0.717) is 11.3 Å². The van der Waals surface area contributed by atoms with Crippen LogP contribution in [0, 0.1) is 5.82 Å². The zero-order chi connectivity index (χ0) is 15.4. The van der Waals surface area contributed by atoms with Crippen molar-refractivity contribution in [1.29, 1.82) is 0 Å². The monoisotopic (exact) mass is 315 g/mol. The highest BCUT2D eigenvalue weighted by Gasteiger charge is 2.09. The molecular weight excluding hydrogens is 305 g/mol. The minimum atomic E-state index is -0.551. The van der Waals surface area contributed by atoms with Crippen molar-refractivity contribution in [2.24, 2.45) is 0 Å². The Morgan fingerprint density at radius 1 is 1.00 bits per heavy atom. The van der Waals surface area contributed by atoms with E-state index in [2.05, 4.69) is 15.0 Å². The molecule has 1 aromatic carbocycles. The van der Waals surface area contributed by atoms with Crippen LogP contribution in [-0.2, 0) is 6.61 Å². The molecule has 0 saturated carbocycles. The van der Waals surface area contributed by atoms with E-state index in [1.807, 2.05) is 30.3 Å². The van der Waals surface area contributed by atoms with Crippen molar-refractivity contribution < 1.29 is 9.13 Å². The molecule has 3 rings (SSSR count). The quantitative estimate of drug-likeness (QED) is 0.732. The molecule has 0 radical (unpaired) electrons. The van der Waals surface area contributed by atoms with E-state index in [4.69, 9.17) is 16.3 Å². The lowest BCUT2D eigenvalue weighted by molar-refractivity contribution is 0.277. The molecule has 110 valence electrons. The summed E-state index contributed by atoms with van der Waals surface area (Å²) < 4.78 is 19.4. The van der Waals surface area contributed by atoms with Gasteiger partial charge in [0.1, 0.15) is 11.8 Å². The second-order valence-corrected chi connectivity index (χ2v) is 4.90. The average molecular weight is 316 g/mol. The Hall–Kier alpha value is -2.53. The predicted molar refractivity (Wildman–Crippen MR) is 81.0 cm³/mol. The summed E-state index contributed by atoms with van der Waals surface area (Å²) in [6.45, 7) is 0.255.